The highest BCUT2D eigenvalue weighted by Crippen LogP contribution is 2.32. The minimum atomic E-state index is -4.54. The molecule has 0 aliphatic rings. The highest BCUT2D eigenvalue weighted by atomic mass is 19.4. The molecule has 0 unspecified atom stereocenters. The topological polar surface area (TPSA) is 75.2 Å². The molecule has 0 spiro atoms. The zero-order valence-corrected chi connectivity index (χ0v) is 13.6. The summed E-state index contributed by atoms with van der Waals surface area (Å²) >= 11 is 0. The van der Waals surface area contributed by atoms with Gasteiger partial charge in [0, 0.05) is 11.6 Å². The molecule has 134 valence electrons. The summed E-state index contributed by atoms with van der Waals surface area (Å²) in [6.07, 6.45) is -1.15. The maximum Gasteiger partial charge on any atom is 0.433 e. The second-order valence-electron chi connectivity index (χ2n) is 6.03. The number of benzene rings is 1. The highest BCUT2D eigenvalue weighted by molar-refractivity contribution is 5.84. The Bertz CT molecular complexity index is 1260. The van der Waals surface area contributed by atoms with E-state index in [4.69, 9.17) is 0 Å². The van der Waals surface area contributed by atoms with E-state index in [0.29, 0.717) is 22.7 Å². The molecule has 0 bridgehead atoms. The van der Waals surface area contributed by atoms with Crippen molar-refractivity contribution in [2.75, 3.05) is 0 Å². The van der Waals surface area contributed by atoms with Crippen LogP contribution in [0.4, 0.5) is 13.2 Å². The van der Waals surface area contributed by atoms with Crippen LogP contribution in [-0.2, 0) is 6.18 Å². The van der Waals surface area contributed by atoms with Gasteiger partial charge in [0.05, 0.1) is 23.1 Å². The molecule has 0 saturated carbocycles. The molecule has 2 N–H and O–H groups in total. The Balaban J connectivity index is 1.84. The molecule has 9 heteroatoms. The molecule has 4 heterocycles. The minimum absolute atomic E-state index is 0.136. The number of fused-ring (bicyclic) bond motifs is 2. The van der Waals surface area contributed by atoms with Gasteiger partial charge in [-0.3, -0.25) is 9.67 Å². The molecule has 0 aliphatic carbocycles. The number of imidazole rings is 1. The summed E-state index contributed by atoms with van der Waals surface area (Å²) < 4.78 is 41.2. The van der Waals surface area contributed by atoms with Crippen molar-refractivity contribution in [3.63, 3.8) is 0 Å². The molecule has 4 aromatic heterocycles. The molecule has 0 saturated heterocycles. The van der Waals surface area contributed by atoms with Crippen molar-refractivity contribution in [2.24, 2.45) is 0 Å². The normalized spacial score (nSPS) is 12.3. The third-order valence-corrected chi connectivity index (χ3v) is 4.32. The Labute approximate surface area is 149 Å². The predicted molar refractivity (Wildman–Crippen MR) is 93.3 cm³/mol. The van der Waals surface area contributed by atoms with Crippen LogP contribution in [0.25, 0.3) is 39.3 Å². The fourth-order valence-electron chi connectivity index (χ4n) is 3.08. The number of alkyl halides is 3. The maximum absolute atomic E-state index is 13.2. The zero-order chi connectivity index (χ0) is 18.6. The van der Waals surface area contributed by atoms with E-state index in [1.165, 1.54) is 6.07 Å². The smallest absolute Gasteiger partial charge is 0.359 e. The molecule has 5 rings (SSSR count). The van der Waals surface area contributed by atoms with Crippen molar-refractivity contribution in [3.05, 3.63) is 60.6 Å². The lowest BCUT2D eigenvalue weighted by Gasteiger charge is -2.10. The van der Waals surface area contributed by atoms with E-state index in [-0.39, 0.29) is 5.65 Å². The van der Waals surface area contributed by atoms with Gasteiger partial charge in [0.25, 0.3) is 0 Å². The van der Waals surface area contributed by atoms with Gasteiger partial charge in [-0.05, 0) is 42.5 Å². The van der Waals surface area contributed by atoms with Crippen molar-refractivity contribution >= 4 is 22.1 Å². The summed E-state index contributed by atoms with van der Waals surface area (Å²) in [6.45, 7) is 0. The van der Waals surface area contributed by atoms with Gasteiger partial charge in [-0.2, -0.15) is 18.3 Å². The van der Waals surface area contributed by atoms with Gasteiger partial charge >= 0.3 is 6.18 Å². The first kappa shape index (κ1) is 15.6. The average molecular weight is 368 g/mol. The first-order chi connectivity index (χ1) is 13.0. The van der Waals surface area contributed by atoms with Crippen molar-refractivity contribution in [2.45, 2.75) is 6.18 Å². The van der Waals surface area contributed by atoms with E-state index >= 15 is 0 Å². The van der Waals surface area contributed by atoms with E-state index in [1.54, 1.807) is 35.2 Å². The van der Waals surface area contributed by atoms with Crippen LogP contribution in [0.1, 0.15) is 5.69 Å². The largest absolute Gasteiger partial charge is 0.433 e. The molecular formula is C18H11F3N6. The van der Waals surface area contributed by atoms with Gasteiger partial charge in [0.2, 0.25) is 0 Å². The molecule has 5 aromatic rings. The molecule has 27 heavy (non-hydrogen) atoms. The number of nitrogens with one attached hydrogen (secondary N) is 2. The Kier molecular flexibility index (Phi) is 3.15. The van der Waals surface area contributed by atoms with Crippen LogP contribution >= 0.6 is 0 Å². The summed E-state index contributed by atoms with van der Waals surface area (Å²) in [7, 11) is 0. The lowest BCUT2D eigenvalue weighted by Crippen LogP contribution is -2.08. The monoisotopic (exact) mass is 368 g/mol. The SMILES string of the molecule is FC(F)(F)c1ccc2nc(-c3ccc[nH]3)n(-c3ccc4[nH]ncc4c3)c2n1. The van der Waals surface area contributed by atoms with Gasteiger partial charge in [-0.1, -0.05) is 0 Å². The molecular weight excluding hydrogens is 357 g/mol. The number of halogens is 3. The molecule has 0 aliphatic heterocycles. The lowest BCUT2D eigenvalue weighted by molar-refractivity contribution is -0.141. The molecule has 0 atom stereocenters. The van der Waals surface area contributed by atoms with Crippen molar-refractivity contribution in [3.8, 4) is 17.2 Å². The van der Waals surface area contributed by atoms with Crippen LogP contribution in [0.3, 0.4) is 0 Å². The number of aromatic nitrogens is 6. The van der Waals surface area contributed by atoms with E-state index in [1.807, 2.05) is 12.1 Å². The quantitative estimate of drug-likeness (QED) is 0.488. The van der Waals surface area contributed by atoms with Gasteiger partial charge in [0.1, 0.15) is 11.2 Å². The van der Waals surface area contributed by atoms with E-state index in [9.17, 15) is 13.2 Å². The average Bonchev–Trinajstić information content (AvgIpc) is 3.37. The predicted octanol–water partition coefficient (Wildman–Crippen LogP) is 4.31. The molecule has 0 amide bonds. The van der Waals surface area contributed by atoms with E-state index in [0.717, 1.165) is 17.0 Å². The molecule has 6 nitrogen and oxygen atoms in total. The summed E-state index contributed by atoms with van der Waals surface area (Å²) in [5.74, 6) is 0.477. The fraction of sp³-hybridized carbons (Fsp3) is 0.0556. The summed E-state index contributed by atoms with van der Waals surface area (Å²) in [5.41, 5.74) is 1.70. The van der Waals surface area contributed by atoms with Crippen molar-refractivity contribution in [1.29, 1.82) is 0 Å². The summed E-state index contributed by atoms with van der Waals surface area (Å²) in [6, 6.07) is 11.3. The standard InChI is InChI=1S/C18H11F3N6/c19-18(20,21)15-6-5-14-17(25-15)27(16(24-14)13-2-1-7-22-13)11-3-4-12-10(8-11)9-23-26-12/h1-9,22H,(H,23,26). The highest BCUT2D eigenvalue weighted by Gasteiger charge is 2.33. The van der Waals surface area contributed by atoms with Crippen molar-refractivity contribution in [1.82, 2.24) is 29.7 Å². The third kappa shape index (κ3) is 2.47. The van der Waals surface area contributed by atoms with Crippen molar-refractivity contribution < 1.29 is 13.2 Å². The van der Waals surface area contributed by atoms with Gasteiger partial charge in [-0.15, -0.1) is 0 Å². The maximum atomic E-state index is 13.2. The number of pyridine rings is 1. The summed E-state index contributed by atoms with van der Waals surface area (Å²) in [4.78, 5) is 11.4. The van der Waals surface area contributed by atoms with Gasteiger partial charge < -0.3 is 4.98 Å². The number of aromatic amines is 2. The Hall–Kier alpha value is -3.62. The third-order valence-electron chi connectivity index (χ3n) is 4.32. The molecule has 0 radical (unpaired) electrons. The number of hydrogen-bond acceptors (Lipinski definition) is 3. The van der Waals surface area contributed by atoms with Crippen LogP contribution in [0, 0.1) is 0 Å². The van der Waals surface area contributed by atoms with E-state index in [2.05, 4.69) is 25.1 Å². The Morgan fingerprint density at radius 3 is 2.67 bits per heavy atom. The second-order valence-corrected chi connectivity index (χ2v) is 6.03. The second kappa shape index (κ2) is 5.44. The minimum Gasteiger partial charge on any atom is -0.359 e. The Morgan fingerprint density at radius 1 is 1.00 bits per heavy atom. The summed E-state index contributed by atoms with van der Waals surface area (Å²) in [5, 5.41) is 7.67. The van der Waals surface area contributed by atoms with E-state index < -0.39 is 11.9 Å². The van der Waals surface area contributed by atoms with Crippen LogP contribution in [0.2, 0.25) is 0 Å². The first-order valence-electron chi connectivity index (χ1n) is 8.05. The molecule has 0 fully saturated rings. The Morgan fingerprint density at radius 2 is 1.89 bits per heavy atom. The van der Waals surface area contributed by atoms with Gasteiger partial charge in [0.15, 0.2) is 11.5 Å². The van der Waals surface area contributed by atoms with Crippen LogP contribution < -0.4 is 0 Å². The molecule has 1 aromatic carbocycles. The fourth-order valence-corrected chi connectivity index (χ4v) is 3.08. The van der Waals surface area contributed by atoms with Gasteiger partial charge in [-0.25, -0.2) is 9.97 Å². The number of rotatable bonds is 2. The van der Waals surface area contributed by atoms with Crippen LogP contribution in [0.5, 0.6) is 0 Å². The zero-order valence-electron chi connectivity index (χ0n) is 13.6. The van der Waals surface area contributed by atoms with Crippen LogP contribution in [-0.4, -0.2) is 29.7 Å². The number of nitrogens with zero attached hydrogens (tertiary/aromatic N) is 4. The number of hydrogen-bond donors (Lipinski definition) is 2. The lowest BCUT2D eigenvalue weighted by atomic mass is 10.2. The van der Waals surface area contributed by atoms with Crippen LogP contribution in [0.15, 0.2) is 54.9 Å². The first-order valence-corrected chi connectivity index (χ1v) is 8.05. The number of H-pyrrole nitrogens is 2.